The SMILES string of the molecule is CC(C(CC(C)(C)CC(=O)OCC(C)(C)CC(C)(C)N1C(=O)C=CC1=O)C(C)(C)P)C(C)(C)C. The minimum atomic E-state index is -0.673. The Morgan fingerprint density at radius 3 is 1.79 bits per heavy atom. The highest BCUT2D eigenvalue weighted by molar-refractivity contribution is 7.18. The molecule has 0 radical (unpaired) electrons. The maximum Gasteiger partial charge on any atom is 0.306 e. The van der Waals surface area contributed by atoms with E-state index in [1.54, 1.807) is 0 Å². The maximum atomic E-state index is 12.9. The molecule has 5 nitrogen and oxygen atoms in total. The highest BCUT2D eigenvalue weighted by Crippen LogP contribution is 2.47. The number of carbonyl (C=O) groups is 3. The van der Waals surface area contributed by atoms with Gasteiger partial charge in [-0.3, -0.25) is 19.3 Å². The fourth-order valence-corrected chi connectivity index (χ4v) is 5.78. The highest BCUT2D eigenvalue weighted by Gasteiger charge is 2.42. The summed E-state index contributed by atoms with van der Waals surface area (Å²) < 4.78 is 5.75. The van der Waals surface area contributed by atoms with Crippen LogP contribution in [0.2, 0.25) is 0 Å². The monoisotopic (exact) mass is 495 g/mol. The van der Waals surface area contributed by atoms with E-state index in [0.717, 1.165) is 6.42 Å². The largest absolute Gasteiger partial charge is 0.465 e. The van der Waals surface area contributed by atoms with Gasteiger partial charge in [-0.25, -0.2) is 0 Å². The average Bonchev–Trinajstić information content (AvgIpc) is 2.94. The van der Waals surface area contributed by atoms with Crippen molar-refractivity contribution in [2.24, 2.45) is 28.1 Å². The van der Waals surface area contributed by atoms with Crippen LogP contribution in [0, 0.1) is 28.1 Å². The van der Waals surface area contributed by atoms with Gasteiger partial charge in [0.2, 0.25) is 0 Å². The van der Waals surface area contributed by atoms with Gasteiger partial charge in [-0.15, -0.1) is 9.24 Å². The van der Waals surface area contributed by atoms with E-state index in [1.165, 1.54) is 17.1 Å². The Kier molecular flexibility index (Phi) is 9.43. The second kappa shape index (κ2) is 10.4. The molecule has 2 amide bonds. The van der Waals surface area contributed by atoms with Crippen LogP contribution in [0.1, 0.15) is 102 Å². The number of nitrogens with zero attached hydrogens (tertiary/aromatic N) is 1. The summed E-state index contributed by atoms with van der Waals surface area (Å²) in [6.45, 7) is 26.0. The third-order valence-electron chi connectivity index (χ3n) is 7.27. The maximum absolute atomic E-state index is 12.9. The minimum Gasteiger partial charge on any atom is -0.465 e. The first-order valence-electron chi connectivity index (χ1n) is 12.5. The summed E-state index contributed by atoms with van der Waals surface area (Å²) in [5.74, 6) is 0.138. The number of hydrogen-bond donors (Lipinski definition) is 0. The van der Waals surface area contributed by atoms with Crippen LogP contribution < -0.4 is 0 Å². The molecule has 6 heteroatoms. The van der Waals surface area contributed by atoms with E-state index >= 15 is 0 Å². The molecule has 0 aromatic carbocycles. The van der Waals surface area contributed by atoms with Crippen LogP contribution in [0.3, 0.4) is 0 Å². The van der Waals surface area contributed by atoms with E-state index in [4.69, 9.17) is 4.74 Å². The lowest BCUT2D eigenvalue weighted by molar-refractivity contribution is -0.152. The second-order valence-electron chi connectivity index (χ2n) is 14.3. The van der Waals surface area contributed by atoms with Gasteiger partial charge >= 0.3 is 5.97 Å². The van der Waals surface area contributed by atoms with E-state index in [-0.39, 0.29) is 40.4 Å². The molecule has 0 saturated carbocycles. The summed E-state index contributed by atoms with van der Waals surface area (Å²) in [4.78, 5) is 38.4. The van der Waals surface area contributed by atoms with Crippen molar-refractivity contribution < 1.29 is 19.1 Å². The zero-order chi connectivity index (χ0) is 26.9. The fraction of sp³-hybridized carbons (Fsp3) is 0.821. The molecule has 0 bridgehead atoms. The van der Waals surface area contributed by atoms with Crippen molar-refractivity contribution in [3.8, 4) is 0 Å². The first kappa shape index (κ1) is 30.8. The molecule has 196 valence electrons. The van der Waals surface area contributed by atoms with Gasteiger partial charge in [0.15, 0.2) is 0 Å². The second-order valence-corrected chi connectivity index (χ2v) is 15.8. The standard InChI is InChI=1S/C28H50NO4P/c1-19(24(2,3)4)20(28(11,12)34)15-25(5,6)16-23(32)33-18-26(7,8)17-27(9,10)29-21(30)13-14-22(29)31/h13-14,19-20H,15-18,34H2,1-12H3. The van der Waals surface area contributed by atoms with Gasteiger partial charge in [-0.05, 0) is 54.5 Å². The van der Waals surface area contributed by atoms with Crippen molar-refractivity contribution in [3.63, 3.8) is 0 Å². The summed E-state index contributed by atoms with van der Waals surface area (Å²) in [7, 11) is 3.01. The molecule has 34 heavy (non-hydrogen) atoms. The summed E-state index contributed by atoms with van der Waals surface area (Å²) >= 11 is 0. The lowest BCUT2D eigenvalue weighted by Crippen LogP contribution is -2.50. The Morgan fingerprint density at radius 1 is 0.912 bits per heavy atom. The summed E-state index contributed by atoms with van der Waals surface area (Å²) in [6.07, 6.45) is 4.43. The number of imide groups is 1. The predicted molar refractivity (Wildman–Crippen MR) is 143 cm³/mol. The quantitative estimate of drug-likeness (QED) is 0.189. The van der Waals surface area contributed by atoms with Crippen molar-refractivity contribution in [1.82, 2.24) is 4.90 Å². The molecule has 1 rings (SSSR count). The van der Waals surface area contributed by atoms with E-state index in [1.807, 2.05) is 27.7 Å². The molecule has 3 atom stereocenters. The third-order valence-corrected chi connectivity index (χ3v) is 7.70. The number of hydrogen-bond acceptors (Lipinski definition) is 4. The van der Waals surface area contributed by atoms with Gasteiger partial charge in [0, 0.05) is 23.1 Å². The zero-order valence-electron chi connectivity index (χ0n) is 23.8. The number of rotatable bonds is 11. The number of esters is 1. The van der Waals surface area contributed by atoms with Crippen molar-refractivity contribution in [2.75, 3.05) is 6.61 Å². The first-order valence-corrected chi connectivity index (χ1v) is 13.1. The van der Waals surface area contributed by atoms with Crippen molar-refractivity contribution in [3.05, 3.63) is 12.2 Å². The Balaban J connectivity index is 2.78. The smallest absolute Gasteiger partial charge is 0.306 e. The van der Waals surface area contributed by atoms with E-state index < -0.39 is 11.0 Å². The lowest BCUT2D eigenvalue weighted by atomic mass is 9.64. The Morgan fingerprint density at radius 2 is 1.38 bits per heavy atom. The first-order chi connectivity index (χ1) is 15.0. The topological polar surface area (TPSA) is 63.7 Å². The van der Waals surface area contributed by atoms with Crippen LogP contribution >= 0.6 is 9.24 Å². The van der Waals surface area contributed by atoms with Gasteiger partial charge in [0.05, 0.1) is 13.0 Å². The van der Waals surface area contributed by atoms with Crippen LogP contribution in [0.15, 0.2) is 12.2 Å². The minimum absolute atomic E-state index is 0.0563. The van der Waals surface area contributed by atoms with Crippen molar-refractivity contribution in [2.45, 2.75) is 113 Å². The van der Waals surface area contributed by atoms with Crippen LogP contribution in [-0.2, 0) is 19.1 Å². The van der Waals surface area contributed by atoms with E-state index in [0.29, 0.717) is 24.7 Å². The van der Waals surface area contributed by atoms with Crippen molar-refractivity contribution in [1.29, 1.82) is 0 Å². The number of amides is 2. The molecule has 0 saturated heterocycles. The molecule has 0 aromatic rings. The molecule has 0 aromatic heterocycles. The Bertz CT molecular complexity index is 778. The Labute approximate surface area is 211 Å². The summed E-state index contributed by atoms with van der Waals surface area (Å²) in [6, 6.07) is 0. The Hall–Kier alpha value is -1.22. The van der Waals surface area contributed by atoms with E-state index in [9.17, 15) is 14.4 Å². The molecule has 0 N–H and O–H groups in total. The van der Waals surface area contributed by atoms with Gasteiger partial charge < -0.3 is 4.74 Å². The molecule has 0 spiro atoms. The number of carbonyl (C=O) groups excluding carboxylic acids is 3. The number of ether oxygens (including phenoxy) is 1. The molecule has 1 heterocycles. The lowest BCUT2D eigenvalue weighted by Gasteiger charge is -2.45. The highest BCUT2D eigenvalue weighted by atomic mass is 31.0. The summed E-state index contributed by atoms with van der Waals surface area (Å²) in [5, 5.41) is 0.0563. The van der Waals surface area contributed by atoms with Crippen molar-refractivity contribution >= 4 is 27.0 Å². The normalized spacial score (nSPS) is 17.9. The molecule has 1 aliphatic heterocycles. The van der Waals surface area contributed by atoms with E-state index in [2.05, 4.69) is 64.6 Å². The zero-order valence-corrected chi connectivity index (χ0v) is 25.0. The fourth-order valence-electron chi connectivity index (χ4n) is 5.37. The summed E-state index contributed by atoms with van der Waals surface area (Å²) in [5.41, 5.74) is -1.08. The predicted octanol–water partition coefficient (Wildman–Crippen LogP) is 6.41. The van der Waals surface area contributed by atoms with Gasteiger partial charge in [-0.1, -0.05) is 69.2 Å². The molecule has 3 unspecified atom stereocenters. The molecule has 0 aliphatic carbocycles. The molecule has 1 aliphatic rings. The van der Waals surface area contributed by atoms with Crippen LogP contribution in [0.4, 0.5) is 0 Å². The average molecular weight is 496 g/mol. The molecular weight excluding hydrogens is 445 g/mol. The van der Waals surface area contributed by atoms with Gasteiger partial charge in [0.25, 0.3) is 11.8 Å². The van der Waals surface area contributed by atoms with Gasteiger partial charge in [-0.2, -0.15) is 0 Å². The van der Waals surface area contributed by atoms with Gasteiger partial charge in [0.1, 0.15) is 0 Å². The van der Waals surface area contributed by atoms with Crippen LogP contribution in [0.5, 0.6) is 0 Å². The van der Waals surface area contributed by atoms with Crippen LogP contribution in [0.25, 0.3) is 0 Å². The molecular formula is C28H50NO4P. The third kappa shape index (κ3) is 8.77. The van der Waals surface area contributed by atoms with Crippen LogP contribution in [-0.4, -0.2) is 40.0 Å². The molecule has 0 fully saturated rings.